The van der Waals surface area contributed by atoms with Crippen molar-refractivity contribution in [3.8, 4) is 0 Å². The average Bonchev–Trinajstić information content (AvgIpc) is 3.36. The van der Waals surface area contributed by atoms with E-state index in [-0.39, 0.29) is 18.0 Å². The lowest BCUT2D eigenvalue weighted by atomic mass is 10.0. The molecule has 8 heteroatoms. The van der Waals surface area contributed by atoms with E-state index in [1.54, 1.807) is 13.3 Å². The number of hydrogen-bond acceptors (Lipinski definition) is 4. The summed E-state index contributed by atoms with van der Waals surface area (Å²) in [6.07, 6.45) is 7.97. The number of aromatic nitrogens is 2. The van der Waals surface area contributed by atoms with Gasteiger partial charge in [-0.1, -0.05) is 12.8 Å². The lowest BCUT2D eigenvalue weighted by Gasteiger charge is -2.06. The molecular weight excluding hydrogens is 407 g/mol. The first-order chi connectivity index (χ1) is 14.9. The Labute approximate surface area is 180 Å². The zero-order valence-electron chi connectivity index (χ0n) is 17.7. The normalized spacial score (nSPS) is 17.7. The Balaban J connectivity index is 1.63. The maximum Gasteiger partial charge on any atom is 0.183 e. The maximum absolute atomic E-state index is 14.0. The van der Waals surface area contributed by atoms with Crippen LogP contribution in [-0.2, 0) is 17.7 Å². The van der Waals surface area contributed by atoms with Gasteiger partial charge in [0.1, 0.15) is 11.5 Å². The van der Waals surface area contributed by atoms with Gasteiger partial charge in [-0.25, -0.2) is 13.2 Å². The standard InChI is InChI=1S/C23H28F3N3O2/c1-31-14-17-11-15(17)5-2-3-7-21(30)23-16(6-4-10-27)12-29(28-23)13-18-19(24)8-9-20(25)22(18)26/h8-10,12,15,17,27H,2-7,11,13-14H2,1H3/t15-,17+/m0/s1. The number of carbonyl (C=O) groups is 1. The first kappa shape index (κ1) is 23.2. The largest absolute Gasteiger partial charge is 0.384 e. The van der Waals surface area contributed by atoms with Crippen molar-refractivity contribution in [2.75, 3.05) is 13.7 Å². The highest BCUT2D eigenvalue weighted by atomic mass is 19.2. The van der Waals surface area contributed by atoms with Crippen molar-refractivity contribution in [2.45, 2.75) is 51.5 Å². The fourth-order valence-electron chi connectivity index (χ4n) is 3.96. The Hall–Kier alpha value is -2.48. The lowest BCUT2D eigenvalue weighted by Crippen LogP contribution is -2.09. The van der Waals surface area contributed by atoms with Crippen LogP contribution in [-0.4, -0.2) is 35.5 Å². The average molecular weight is 435 g/mol. The summed E-state index contributed by atoms with van der Waals surface area (Å²) in [5.41, 5.74) is 0.464. The van der Waals surface area contributed by atoms with E-state index < -0.39 is 23.0 Å². The molecule has 1 aromatic carbocycles. The summed E-state index contributed by atoms with van der Waals surface area (Å²) in [6.45, 7) is 0.479. The number of halogens is 3. The molecule has 5 nitrogen and oxygen atoms in total. The Bertz CT molecular complexity index is 929. The van der Waals surface area contributed by atoms with Gasteiger partial charge in [0.15, 0.2) is 17.4 Å². The number of benzene rings is 1. The van der Waals surface area contributed by atoms with E-state index in [1.165, 1.54) is 17.3 Å². The van der Waals surface area contributed by atoms with Crippen LogP contribution < -0.4 is 0 Å². The van der Waals surface area contributed by atoms with E-state index in [0.29, 0.717) is 36.7 Å². The molecule has 0 amide bonds. The van der Waals surface area contributed by atoms with Crippen molar-refractivity contribution in [2.24, 2.45) is 11.8 Å². The van der Waals surface area contributed by atoms with Crippen molar-refractivity contribution < 1.29 is 22.7 Å². The number of Topliss-reactive ketones (excluding diaryl/α,β-unsaturated/α-hetero) is 1. The number of hydrogen-bond donors (Lipinski definition) is 1. The Kier molecular flexibility index (Phi) is 8.01. The fourth-order valence-corrected chi connectivity index (χ4v) is 3.96. The van der Waals surface area contributed by atoms with Crippen LogP contribution in [0.1, 0.15) is 60.1 Å². The molecule has 1 aromatic heterocycles. The van der Waals surface area contributed by atoms with Gasteiger partial charge in [-0.05, 0) is 55.9 Å². The highest BCUT2D eigenvalue weighted by Crippen LogP contribution is 2.42. The fraction of sp³-hybridized carbons (Fsp3) is 0.522. The molecule has 2 atom stereocenters. The molecule has 0 unspecified atom stereocenters. The quantitative estimate of drug-likeness (QED) is 0.209. The number of rotatable bonds is 13. The van der Waals surface area contributed by atoms with Crippen LogP contribution in [0, 0.1) is 34.7 Å². The van der Waals surface area contributed by atoms with Crippen molar-refractivity contribution in [3.63, 3.8) is 0 Å². The highest BCUT2D eigenvalue weighted by molar-refractivity contribution is 5.95. The van der Waals surface area contributed by atoms with Crippen molar-refractivity contribution >= 4 is 12.0 Å². The van der Waals surface area contributed by atoms with Crippen LogP contribution in [0.25, 0.3) is 0 Å². The predicted octanol–water partition coefficient (Wildman–Crippen LogP) is 4.96. The van der Waals surface area contributed by atoms with E-state index >= 15 is 0 Å². The van der Waals surface area contributed by atoms with Gasteiger partial charge < -0.3 is 10.1 Å². The molecule has 1 saturated carbocycles. The summed E-state index contributed by atoms with van der Waals surface area (Å²) >= 11 is 0. The Morgan fingerprint density at radius 3 is 2.77 bits per heavy atom. The molecule has 1 heterocycles. The summed E-state index contributed by atoms with van der Waals surface area (Å²) < 4.78 is 47.9. The van der Waals surface area contributed by atoms with Crippen LogP contribution in [0.2, 0.25) is 0 Å². The summed E-state index contributed by atoms with van der Waals surface area (Å²) in [4.78, 5) is 12.7. The minimum atomic E-state index is -1.25. The second-order valence-electron chi connectivity index (χ2n) is 8.15. The van der Waals surface area contributed by atoms with Crippen molar-refractivity contribution in [3.05, 3.63) is 52.6 Å². The van der Waals surface area contributed by atoms with Crippen molar-refractivity contribution in [1.82, 2.24) is 9.78 Å². The summed E-state index contributed by atoms with van der Waals surface area (Å²) in [6, 6.07) is 1.61. The summed E-state index contributed by atoms with van der Waals surface area (Å²) in [5, 5.41) is 11.5. The van der Waals surface area contributed by atoms with Crippen LogP contribution in [0.5, 0.6) is 0 Å². The molecule has 1 aliphatic carbocycles. The Morgan fingerprint density at radius 2 is 2.03 bits per heavy atom. The van der Waals surface area contributed by atoms with Crippen LogP contribution >= 0.6 is 0 Å². The topological polar surface area (TPSA) is 68.0 Å². The van der Waals surface area contributed by atoms with Gasteiger partial charge in [0.05, 0.1) is 6.54 Å². The molecule has 0 aliphatic heterocycles. The molecule has 0 spiro atoms. The van der Waals surface area contributed by atoms with E-state index in [9.17, 15) is 18.0 Å². The SMILES string of the molecule is COC[C@H]1C[C@@H]1CCCCC(=O)c1nn(Cc2c(F)ccc(F)c2F)cc1CCC=N. The Morgan fingerprint density at radius 1 is 1.26 bits per heavy atom. The van der Waals surface area contributed by atoms with Gasteiger partial charge in [0, 0.05) is 37.5 Å². The first-order valence-electron chi connectivity index (χ1n) is 10.6. The van der Waals surface area contributed by atoms with E-state index in [0.717, 1.165) is 38.0 Å². The van der Waals surface area contributed by atoms with E-state index in [2.05, 4.69) is 5.10 Å². The number of ether oxygens (including phenoxy) is 1. The van der Waals surface area contributed by atoms with Gasteiger partial charge in [0.2, 0.25) is 0 Å². The number of ketones is 1. The molecule has 168 valence electrons. The highest BCUT2D eigenvalue weighted by Gasteiger charge is 2.35. The maximum atomic E-state index is 14.0. The third-order valence-electron chi connectivity index (χ3n) is 5.80. The number of carbonyl (C=O) groups excluding carboxylic acids is 1. The van der Waals surface area contributed by atoms with Crippen LogP contribution in [0.3, 0.4) is 0 Å². The number of unbranched alkanes of at least 4 members (excludes halogenated alkanes) is 1. The molecular formula is C23H28F3N3O2. The minimum absolute atomic E-state index is 0.122. The molecule has 0 bridgehead atoms. The molecule has 0 saturated heterocycles. The molecule has 0 radical (unpaired) electrons. The second kappa shape index (κ2) is 10.7. The third-order valence-corrected chi connectivity index (χ3v) is 5.80. The third kappa shape index (κ3) is 6.03. The number of nitrogens with one attached hydrogen (secondary N) is 1. The van der Waals surface area contributed by atoms with E-state index in [4.69, 9.17) is 10.1 Å². The van der Waals surface area contributed by atoms with E-state index in [1.807, 2.05) is 0 Å². The van der Waals surface area contributed by atoms with Gasteiger partial charge in [-0.15, -0.1) is 0 Å². The zero-order valence-corrected chi connectivity index (χ0v) is 17.7. The second-order valence-corrected chi connectivity index (χ2v) is 8.15. The van der Waals surface area contributed by atoms with Gasteiger partial charge in [-0.3, -0.25) is 9.48 Å². The summed E-state index contributed by atoms with van der Waals surface area (Å²) in [5.74, 6) is -2.04. The molecule has 1 N–H and O–H groups in total. The lowest BCUT2D eigenvalue weighted by molar-refractivity contribution is 0.0972. The molecule has 1 fully saturated rings. The monoisotopic (exact) mass is 435 g/mol. The van der Waals surface area contributed by atoms with Crippen LogP contribution in [0.15, 0.2) is 18.3 Å². The number of methoxy groups -OCH3 is 1. The van der Waals surface area contributed by atoms with Gasteiger partial charge >= 0.3 is 0 Å². The summed E-state index contributed by atoms with van der Waals surface area (Å²) in [7, 11) is 1.71. The van der Waals surface area contributed by atoms with Crippen LogP contribution in [0.4, 0.5) is 13.2 Å². The van der Waals surface area contributed by atoms with Crippen molar-refractivity contribution in [1.29, 1.82) is 5.41 Å². The molecule has 3 rings (SSSR count). The molecule has 2 aromatic rings. The van der Waals surface area contributed by atoms with Gasteiger partial charge in [0.25, 0.3) is 0 Å². The minimum Gasteiger partial charge on any atom is -0.384 e. The molecule has 1 aliphatic rings. The number of aryl methyl sites for hydroxylation is 1. The zero-order chi connectivity index (χ0) is 22.4. The number of nitrogens with zero attached hydrogens (tertiary/aromatic N) is 2. The predicted molar refractivity (Wildman–Crippen MR) is 111 cm³/mol. The molecule has 31 heavy (non-hydrogen) atoms. The first-order valence-corrected chi connectivity index (χ1v) is 10.6. The van der Waals surface area contributed by atoms with Gasteiger partial charge in [-0.2, -0.15) is 5.10 Å². The smallest absolute Gasteiger partial charge is 0.183 e.